The average molecular weight is 259 g/mol. The van der Waals surface area contributed by atoms with Crippen molar-refractivity contribution in [3.05, 3.63) is 0 Å². The summed E-state index contributed by atoms with van der Waals surface area (Å²) in [6.45, 7) is 10.4. The van der Waals surface area contributed by atoms with Crippen LogP contribution in [0, 0.1) is 5.92 Å². The first-order chi connectivity index (χ1) is 8.40. The molecule has 1 unspecified atom stereocenters. The molecule has 0 amide bonds. The van der Waals surface area contributed by atoms with E-state index in [0.29, 0.717) is 0 Å². The molecule has 0 spiro atoms. The van der Waals surface area contributed by atoms with Crippen LogP contribution in [0.3, 0.4) is 0 Å². The summed E-state index contributed by atoms with van der Waals surface area (Å²) in [6, 6.07) is 0. The second-order valence-electron chi connectivity index (χ2n) is 5.01. The summed E-state index contributed by atoms with van der Waals surface area (Å²) < 4.78 is 0. The first kappa shape index (κ1) is 19.8. The van der Waals surface area contributed by atoms with Crippen molar-refractivity contribution in [2.45, 2.75) is 85.1 Å². The number of nitrogens with two attached hydrogens (primary N) is 1. The molecule has 0 fully saturated rings. The molecule has 0 aromatic rings. The Hall–Kier alpha value is -0.570. The van der Waals surface area contributed by atoms with E-state index < -0.39 is 5.97 Å². The van der Waals surface area contributed by atoms with Gasteiger partial charge in [-0.3, -0.25) is 4.79 Å². The molecule has 18 heavy (non-hydrogen) atoms. The number of hydrogen-bond acceptors (Lipinski definition) is 2. The molecule has 0 saturated carbocycles. The molecule has 0 radical (unpaired) electrons. The molecule has 0 aliphatic carbocycles. The topological polar surface area (TPSA) is 63.3 Å². The van der Waals surface area contributed by atoms with Gasteiger partial charge in [-0.15, -0.1) is 0 Å². The smallest absolute Gasteiger partial charge is 0.306 e. The maximum atomic E-state index is 10.4. The summed E-state index contributed by atoms with van der Waals surface area (Å²) in [5, 5.41) is 8.60. The predicted molar refractivity (Wildman–Crippen MR) is 78.7 cm³/mol. The zero-order chi connectivity index (χ0) is 14.6. The second kappa shape index (κ2) is 11.5. The van der Waals surface area contributed by atoms with Crippen LogP contribution in [-0.2, 0) is 4.79 Å². The van der Waals surface area contributed by atoms with Crippen molar-refractivity contribution in [1.29, 1.82) is 0 Å². The van der Waals surface area contributed by atoms with Gasteiger partial charge in [0.15, 0.2) is 0 Å². The summed E-state index contributed by atoms with van der Waals surface area (Å²) in [6.07, 6.45) is 7.01. The fourth-order valence-electron chi connectivity index (χ4n) is 1.70. The number of aliphatic carboxylic acids is 1. The van der Waals surface area contributed by atoms with E-state index in [0.717, 1.165) is 44.9 Å². The van der Waals surface area contributed by atoms with Gasteiger partial charge in [0, 0.05) is 5.54 Å². The molecule has 3 N–H and O–H groups in total. The molecule has 110 valence electrons. The fraction of sp³-hybridized carbons (Fsp3) is 0.933. The SMILES string of the molecule is CCC(N)(CC)CC.CCCCC(CC)C(=O)O. The van der Waals surface area contributed by atoms with E-state index >= 15 is 0 Å². The van der Waals surface area contributed by atoms with Gasteiger partial charge in [0.25, 0.3) is 0 Å². The van der Waals surface area contributed by atoms with Gasteiger partial charge >= 0.3 is 5.97 Å². The minimum atomic E-state index is -0.643. The number of carboxylic acids is 1. The fourth-order valence-corrected chi connectivity index (χ4v) is 1.70. The van der Waals surface area contributed by atoms with E-state index in [9.17, 15) is 4.79 Å². The molecule has 3 heteroatoms. The summed E-state index contributed by atoms with van der Waals surface area (Å²) in [5.74, 6) is -0.754. The highest BCUT2D eigenvalue weighted by Crippen LogP contribution is 2.14. The summed E-state index contributed by atoms with van der Waals surface area (Å²) in [4.78, 5) is 10.4. The highest BCUT2D eigenvalue weighted by atomic mass is 16.4. The Kier molecular flexibility index (Phi) is 12.6. The van der Waals surface area contributed by atoms with Crippen molar-refractivity contribution < 1.29 is 9.90 Å². The van der Waals surface area contributed by atoms with E-state index in [4.69, 9.17) is 10.8 Å². The summed E-state index contributed by atoms with van der Waals surface area (Å²) in [7, 11) is 0. The lowest BCUT2D eigenvalue weighted by molar-refractivity contribution is -0.142. The minimum absolute atomic E-state index is 0.111. The van der Waals surface area contributed by atoms with Crippen LogP contribution in [0.4, 0.5) is 0 Å². The Labute approximate surface area is 113 Å². The summed E-state index contributed by atoms with van der Waals surface area (Å²) >= 11 is 0. The van der Waals surface area contributed by atoms with Crippen LogP contribution in [0.1, 0.15) is 79.6 Å². The van der Waals surface area contributed by atoms with E-state index in [1.807, 2.05) is 6.92 Å². The first-order valence-corrected chi connectivity index (χ1v) is 7.42. The van der Waals surface area contributed by atoms with E-state index in [-0.39, 0.29) is 11.5 Å². The maximum Gasteiger partial charge on any atom is 0.306 e. The lowest BCUT2D eigenvalue weighted by Gasteiger charge is -2.23. The third-order valence-electron chi connectivity index (χ3n) is 3.86. The molecule has 0 aliphatic heterocycles. The number of carboxylic acid groups (broad SMARTS) is 1. The van der Waals surface area contributed by atoms with Gasteiger partial charge in [-0.2, -0.15) is 0 Å². The van der Waals surface area contributed by atoms with Crippen molar-refractivity contribution in [3.8, 4) is 0 Å². The van der Waals surface area contributed by atoms with E-state index in [1.54, 1.807) is 0 Å². The van der Waals surface area contributed by atoms with Gasteiger partial charge < -0.3 is 10.8 Å². The molecule has 0 heterocycles. The van der Waals surface area contributed by atoms with Gasteiger partial charge in [0.2, 0.25) is 0 Å². The largest absolute Gasteiger partial charge is 0.481 e. The van der Waals surface area contributed by atoms with Gasteiger partial charge in [0.05, 0.1) is 5.92 Å². The van der Waals surface area contributed by atoms with Crippen molar-refractivity contribution >= 4 is 5.97 Å². The number of unbranched alkanes of at least 4 members (excludes halogenated alkanes) is 1. The predicted octanol–water partition coefficient (Wildman–Crippen LogP) is 4.20. The van der Waals surface area contributed by atoms with Crippen LogP contribution in [0.15, 0.2) is 0 Å². The molecular weight excluding hydrogens is 226 g/mol. The van der Waals surface area contributed by atoms with Crippen molar-refractivity contribution in [1.82, 2.24) is 0 Å². The van der Waals surface area contributed by atoms with Crippen LogP contribution in [0.2, 0.25) is 0 Å². The number of rotatable bonds is 8. The molecule has 0 aromatic heterocycles. The molecule has 1 atom stereocenters. The van der Waals surface area contributed by atoms with Crippen LogP contribution in [0.25, 0.3) is 0 Å². The quantitative estimate of drug-likeness (QED) is 0.686. The van der Waals surface area contributed by atoms with Crippen LogP contribution >= 0.6 is 0 Å². The molecule has 0 aromatic carbocycles. The van der Waals surface area contributed by atoms with Gasteiger partial charge in [-0.1, -0.05) is 47.5 Å². The Morgan fingerprint density at radius 3 is 1.72 bits per heavy atom. The molecule has 0 aliphatic rings. The molecule has 3 nitrogen and oxygen atoms in total. The van der Waals surface area contributed by atoms with Crippen LogP contribution < -0.4 is 5.73 Å². The van der Waals surface area contributed by atoms with Crippen molar-refractivity contribution in [3.63, 3.8) is 0 Å². The Morgan fingerprint density at radius 2 is 1.56 bits per heavy atom. The van der Waals surface area contributed by atoms with E-state index in [1.165, 1.54) is 0 Å². The average Bonchev–Trinajstić information content (AvgIpc) is 2.39. The monoisotopic (exact) mass is 259 g/mol. The third-order valence-corrected chi connectivity index (χ3v) is 3.86. The number of carbonyl (C=O) groups is 1. The molecule has 0 bridgehead atoms. The van der Waals surface area contributed by atoms with Gasteiger partial charge in [-0.25, -0.2) is 0 Å². The van der Waals surface area contributed by atoms with Crippen LogP contribution in [0.5, 0.6) is 0 Å². The Balaban J connectivity index is 0. The zero-order valence-electron chi connectivity index (χ0n) is 13.0. The third kappa shape index (κ3) is 9.46. The molecule has 0 saturated heterocycles. The second-order valence-corrected chi connectivity index (χ2v) is 5.01. The Morgan fingerprint density at radius 1 is 1.11 bits per heavy atom. The van der Waals surface area contributed by atoms with Crippen molar-refractivity contribution in [2.75, 3.05) is 0 Å². The minimum Gasteiger partial charge on any atom is -0.481 e. The highest BCUT2D eigenvalue weighted by molar-refractivity contribution is 5.69. The summed E-state index contributed by atoms with van der Waals surface area (Å²) in [5.41, 5.74) is 6.02. The lowest BCUT2D eigenvalue weighted by atomic mass is 9.92. The normalized spacial score (nSPS) is 12.6. The van der Waals surface area contributed by atoms with Crippen LogP contribution in [-0.4, -0.2) is 16.6 Å². The molecule has 0 rings (SSSR count). The lowest BCUT2D eigenvalue weighted by Crippen LogP contribution is -2.37. The highest BCUT2D eigenvalue weighted by Gasteiger charge is 2.15. The Bertz CT molecular complexity index is 192. The van der Waals surface area contributed by atoms with Gasteiger partial charge in [0.1, 0.15) is 0 Å². The molecular formula is C15H33NO2. The van der Waals surface area contributed by atoms with Gasteiger partial charge in [-0.05, 0) is 32.1 Å². The van der Waals surface area contributed by atoms with Crippen molar-refractivity contribution in [2.24, 2.45) is 11.7 Å². The van der Waals surface area contributed by atoms with E-state index in [2.05, 4.69) is 27.7 Å². The maximum absolute atomic E-state index is 10.4. The standard InChI is InChI=1S/C8H16O2.C7H17N/c1-3-5-6-7(4-2)8(9)10;1-4-7(8,5-2)6-3/h7H,3-6H2,1-2H3,(H,9,10);4-6,8H2,1-3H3. The zero-order valence-corrected chi connectivity index (χ0v) is 13.0. The number of hydrogen-bond donors (Lipinski definition) is 2. The first-order valence-electron chi connectivity index (χ1n) is 7.42.